The lowest BCUT2D eigenvalue weighted by atomic mass is 10.0. The lowest BCUT2D eigenvalue weighted by Gasteiger charge is -2.17. The summed E-state index contributed by atoms with van der Waals surface area (Å²) in [4.78, 5) is 0. The second kappa shape index (κ2) is 10.4. The van der Waals surface area contributed by atoms with Crippen LogP contribution in [0.15, 0.2) is 0 Å². The summed E-state index contributed by atoms with van der Waals surface area (Å²) in [6.45, 7) is 6.01. The van der Waals surface area contributed by atoms with Crippen molar-refractivity contribution in [2.24, 2.45) is 5.92 Å². The van der Waals surface area contributed by atoms with Crippen molar-refractivity contribution in [2.75, 3.05) is 26.9 Å². The van der Waals surface area contributed by atoms with Crippen molar-refractivity contribution in [1.29, 1.82) is 0 Å². The highest BCUT2D eigenvalue weighted by atomic mass is 16.5. The molecule has 0 aliphatic rings. The van der Waals surface area contributed by atoms with Gasteiger partial charge in [-0.25, -0.2) is 0 Å². The largest absolute Gasteiger partial charge is 0.395 e. The Balaban J connectivity index is 3.52. The molecule has 0 fully saturated rings. The molecule has 0 aromatic carbocycles. The van der Waals surface area contributed by atoms with E-state index < -0.39 is 0 Å². The van der Waals surface area contributed by atoms with E-state index in [1.807, 2.05) is 7.05 Å². The molecule has 0 saturated carbocycles. The standard InChI is InChI=1S/C12H27NO2/c1-4-6-7-11(5-2)9-15-10-12(8-14)13-3/h11-14H,4-10H2,1-3H3. The third kappa shape index (κ3) is 7.77. The van der Waals surface area contributed by atoms with Crippen molar-refractivity contribution >= 4 is 0 Å². The lowest BCUT2D eigenvalue weighted by Crippen LogP contribution is -2.34. The van der Waals surface area contributed by atoms with Gasteiger partial charge in [0.1, 0.15) is 0 Å². The number of unbranched alkanes of at least 4 members (excludes halogenated alkanes) is 1. The van der Waals surface area contributed by atoms with E-state index in [0.717, 1.165) is 6.61 Å². The molecular weight excluding hydrogens is 190 g/mol. The molecule has 3 heteroatoms. The summed E-state index contributed by atoms with van der Waals surface area (Å²) >= 11 is 0. The first-order valence-electron chi connectivity index (χ1n) is 6.14. The summed E-state index contributed by atoms with van der Waals surface area (Å²) < 4.78 is 5.61. The first kappa shape index (κ1) is 14.9. The Hall–Kier alpha value is -0.120. The number of likely N-dealkylation sites (N-methyl/N-ethyl adjacent to an activating group) is 1. The van der Waals surface area contributed by atoms with Gasteiger partial charge in [0.05, 0.1) is 19.3 Å². The summed E-state index contributed by atoms with van der Waals surface area (Å²) in [5.41, 5.74) is 0. The van der Waals surface area contributed by atoms with Gasteiger partial charge in [-0.3, -0.25) is 0 Å². The Kier molecular flexibility index (Phi) is 10.3. The van der Waals surface area contributed by atoms with Gasteiger partial charge >= 0.3 is 0 Å². The molecule has 0 spiro atoms. The molecule has 92 valence electrons. The number of hydrogen-bond acceptors (Lipinski definition) is 3. The van der Waals surface area contributed by atoms with E-state index in [9.17, 15) is 0 Å². The molecule has 0 saturated heterocycles. The maximum absolute atomic E-state index is 8.95. The number of ether oxygens (including phenoxy) is 1. The summed E-state index contributed by atoms with van der Waals surface area (Å²) in [6, 6.07) is 0.0775. The fraction of sp³-hybridized carbons (Fsp3) is 1.00. The van der Waals surface area contributed by atoms with Crippen molar-refractivity contribution in [3.8, 4) is 0 Å². The van der Waals surface area contributed by atoms with Crippen LogP contribution in [0.2, 0.25) is 0 Å². The molecule has 0 bridgehead atoms. The van der Waals surface area contributed by atoms with E-state index in [0.29, 0.717) is 12.5 Å². The minimum Gasteiger partial charge on any atom is -0.395 e. The summed E-state index contributed by atoms with van der Waals surface area (Å²) in [5, 5.41) is 12.0. The zero-order chi connectivity index (χ0) is 11.5. The topological polar surface area (TPSA) is 41.5 Å². The number of aliphatic hydroxyl groups is 1. The smallest absolute Gasteiger partial charge is 0.0642 e. The zero-order valence-corrected chi connectivity index (χ0v) is 10.5. The van der Waals surface area contributed by atoms with Crippen LogP contribution in [0.25, 0.3) is 0 Å². The normalized spacial score (nSPS) is 15.2. The molecule has 3 nitrogen and oxygen atoms in total. The Bertz CT molecular complexity index is 127. The van der Waals surface area contributed by atoms with E-state index in [1.54, 1.807) is 0 Å². The molecule has 0 aliphatic carbocycles. The highest BCUT2D eigenvalue weighted by Crippen LogP contribution is 2.12. The second-order valence-corrected chi connectivity index (χ2v) is 4.12. The lowest BCUT2D eigenvalue weighted by molar-refractivity contribution is 0.0636. The van der Waals surface area contributed by atoms with Gasteiger partial charge in [-0.15, -0.1) is 0 Å². The third-order valence-electron chi connectivity index (χ3n) is 2.84. The van der Waals surface area contributed by atoms with Crippen molar-refractivity contribution < 1.29 is 9.84 Å². The fourth-order valence-electron chi connectivity index (χ4n) is 1.50. The maximum atomic E-state index is 8.95. The molecular formula is C12H27NO2. The average molecular weight is 217 g/mol. The van der Waals surface area contributed by atoms with Crippen LogP contribution >= 0.6 is 0 Å². The van der Waals surface area contributed by atoms with Gasteiger partial charge in [0.25, 0.3) is 0 Å². The van der Waals surface area contributed by atoms with Crippen molar-refractivity contribution in [2.45, 2.75) is 45.6 Å². The Labute approximate surface area is 94.2 Å². The quantitative estimate of drug-likeness (QED) is 0.586. The van der Waals surface area contributed by atoms with Crippen molar-refractivity contribution in [1.82, 2.24) is 5.32 Å². The molecule has 0 rings (SSSR count). The number of rotatable bonds is 10. The van der Waals surface area contributed by atoms with Crippen LogP contribution in [0.4, 0.5) is 0 Å². The number of nitrogens with one attached hydrogen (secondary N) is 1. The molecule has 0 aromatic heterocycles. The number of aliphatic hydroxyl groups excluding tert-OH is 1. The maximum Gasteiger partial charge on any atom is 0.0642 e. The van der Waals surface area contributed by atoms with Crippen LogP contribution in [0.3, 0.4) is 0 Å². The highest BCUT2D eigenvalue weighted by molar-refractivity contribution is 4.62. The van der Waals surface area contributed by atoms with Crippen LogP contribution in [0, 0.1) is 5.92 Å². The first-order valence-corrected chi connectivity index (χ1v) is 6.14. The highest BCUT2D eigenvalue weighted by Gasteiger charge is 2.08. The molecule has 15 heavy (non-hydrogen) atoms. The van der Waals surface area contributed by atoms with E-state index in [4.69, 9.17) is 9.84 Å². The second-order valence-electron chi connectivity index (χ2n) is 4.12. The van der Waals surface area contributed by atoms with Crippen molar-refractivity contribution in [3.05, 3.63) is 0 Å². The van der Waals surface area contributed by atoms with E-state index in [-0.39, 0.29) is 12.6 Å². The van der Waals surface area contributed by atoms with Gasteiger partial charge in [0, 0.05) is 6.61 Å². The predicted octanol–water partition coefficient (Wildman–Crippen LogP) is 1.80. The predicted molar refractivity (Wildman–Crippen MR) is 64.1 cm³/mol. The molecule has 0 aliphatic heterocycles. The van der Waals surface area contributed by atoms with Crippen LogP contribution in [-0.2, 0) is 4.74 Å². The fourth-order valence-corrected chi connectivity index (χ4v) is 1.50. The SMILES string of the molecule is CCCCC(CC)COCC(CO)NC. The van der Waals surface area contributed by atoms with E-state index in [2.05, 4.69) is 19.2 Å². The molecule has 2 atom stereocenters. The molecule has 0 radical (unpaired) electrons. The summed E-state index contributed by atoms with van der Waals surface area (Å²) in [7, 11) is 1.85. The molecule has 2 unspecified atom stereocenters. The van der Waals surface area contributed by atoms with Gasteiger partial charge in [-0.2, -0.15) is 0 Å². The zero-order valence-electron chi connectivity index (χ0n) is 10.5. The van der Waals surface area contributed by atoms with E-state index in [1.165, 1.54) is 25.7 Å². The van der Waals surface area contributed by atoms with Crippen molar-refractivity contribution in [3.63, 3.8) is 0 Å². The Morgan fingerprint density at radius 3 is 2.47 bits per heavy atom. The molecule has 2 N–H and O–H groups in total. The van der Waals surface area contributed by atoms with Crippen LogP contribution in [0.5, 0.6) is 0 Å². The minimum atomic E-state index is 0.0775. The first-order chi connectivity index (χ1) is 7.28. The Morgan fingerprint density at radius 1 is 1.27 bits per heavy atom. The Morgan fingerprint density at radius 2 is 2.00 bits per heavy atom. The van der Waals surface area contributed by atoms with Gasteiger partial charge in [0.2, 0.25) is 0 Å². The average Bonchev–Trinajstić information content (AvgIpc) is 2.28. The van der Waals surface area contributed by atoms with Gasteiger partial charge in [-0.1, -0.05) is 33.1 Å². The third-order valence-corrected chi connectivity index (χ3v) is 2.84. The minimum absolute atomic E-state index is 0.0775. The van der Waals surface area contributed by atoms with Crippen LogP contribution in [-0.4, -0.2) is 38.0 Å². The van der Waals surface area contributed by atoms with Crippen LogP contribution in [0.1, 0.15) is 39.5 Å². The molecule has 0 heterocycles. The summed E-state index contributed by atoms with van der Waals surface area (Å²) in [6.07, 6.45) is 4.99. The molecule has 0 amide bonds. The van der Waals surface area contributed by atoms with Gasteiger partial charge in [0.15, 0.2) is 0 Å². The van der Waals surface area contributed by atoms with Gasteiger partial charge in [-0.05, 0) is 19.4 Å². The summed E-state index contributed by atoms with van der Waals surface area (Å²) in [5.74, 6) is 0.682. The molecule has 0 aromatic rings. The number of hydrogen-bond donors (Lipinski definition) is 2. The van der Waals surface area contributed by atoms with Gasteiger partial charge < -0.3 is 15.2 Å². The monoisotopic (exact) mass is 217 g/mol. The van der Waals surface area contributed by atoms with E-state index >= 15 is 0 Å². The van der Waals surface area contributed by atoms with Crippen LogP contribution < -0.4 is 5.32 Å².